The number of aryl methyl sites for hydroxylation is 1. The van der Waals surface area contributed by atoms with Gasteiger partial charge in [-0.15, -0.1) is 0 Å². The topological polar surface area (TPSA) is 55.7 Å². The number of rotatable bonds is 5. The standard InChI is InChI=1S/C12H17NO3S/c1-10(2)13-16-8-9-17(14,15)12-6-4-11(3)5-7-12/h4-7H,8-9H2,1-3H3. The van der Waals surface area contributed by atoms with Crippen molar-refractivity contribution >= 4 is 15.5 Å². The summed E-state index contributed by atoms with van der Waals surface area (Å²) in [6, 6.07) is 6.78. The predicted molar refractivity (Wildman–Crippen MR) is 68.0 cm³/mol. The second-order valence-corrected chi connectivity index (χ2v) is 6.11. The third-order valence-electron chi connectivity index (χ3n) is 2.07. The first-order valence-corrected chi connectivity index (χ1v) is 6.99. The van der Waals surface area contributed by atoms with Crippen molar-refractivity contribution in [2.24, 2.45) is 5.16 Å². The lowest BCUT2D eigenvalue weighted by atomic mass is 10.2. The van der Waals surface area contributed by atoms with Crippen LogP contribution in [0.15, 0.2) is 34.3 Å². The minimum absolute atomic E-state index is 0.0627. The molecule has 0 radical (unpaired) electrons. The maximum absolute atomic E-state index is 11.9. The van der Waals surface area contributed by atoms with Gasteiger partial charge in [0.25, 0.3) is 0 Å². The second kappa shape index (κ2) is 5.82. The molecule has 0 aliphatic heterocycles. The number of benzene rings is 1. The van der Waals surface area contributed by atoms with Crippen LogP contribution >= 0.6 is 0 Å². The molecule has 0 spiro atoms. The van der Waals surface area contributed by atoms with E-state index in [4.69, 9.17) is 4.84 Å². The summed E-state index contributed by atoms with van der Waals surface area (Å²) in [5.74, 6) is -0.0627. The SMILES string of the molecule is CC(C)=NOCCS(=O)(=O)c1ccc(C)cc1. The Labute approximate surface area is 102 Å². The summed E-state index contributed by atoms with van der Waals surface area (Å²) in [7, 11) is -3.27. The first-order chi connectivity index (χ1) is 7.92. The van der Waals surface area contributed by atoms with Crippen LogP contribution in [-0.2, 0) is 14.7 Å². The van der Waals surface area contributed by atoms with Gasteiger partial charge in [-0.1, -0.05) is 22.9 Å². The molecule has 0 aliphatic rings. The van der Waals surface area contributed by atoms with Crippen LogP contribution < -0.4 is 0 Å². The van der Waals surface area contributed by atoms with E-state index in [9.17, 15) is 8.42 Å². The number of sulfone groups is 1. The third kappa shape index (κ3) is 4.56. The van der Waals surface area contributed by atoms with Gasteiger partial charge >= 0.3 is 0 Å². The van der Waals surface area contributed by atoms with Gasteiger partial charge in [-0.25, -0.2) is 8.42 Å². The van der Waals surface area contributed by atoms with Gasteiger partial charge in [-0.2, -0.15) is 0 Å². The van der Waals surface area contributed by atoms with Crippen molar-refractivity contribution in [2.45, 2.75) is 25.7 Å². The Morgan fingerprint density at radius 2 is 1.82 bits per heavy atom. The third-order valence-corrected chi connectivity index (χ3v) is 3.77. The molecule has 5 heteroatoms. The molecule has 0 unspecified atom stereocenters. The fraction of sp³-hybridized carbons (Fsp3) is 0.417. The molecule has 0 N–H and O–H groups in total. The van der Waals surface area contributed by atoms with Crippen LogP contribution in [0.2, 0.25) is 0 Å². The van der Waals surface area contributed by atoms with Crippen molar-refractivity contribution in [1.82, 2.24) is 0 Å². The van der Waals surface area contributed by atoms with E-state index in [0.717, 1.165) is 11.3 Å². The Morgan fingerprint density at radius 3 is 2.35 bits per heavy atom. The number of hydrogen-bond acceptors (Lipinski definition) is 4. The number of hydrogen-bond donors (Lipinski definition) is 0. The van der Waals surface area contributed by atoms with Crippen molar-refractivity contribution < 1.29 is 13.3 Å². The van der Waals surface area contributed by atoms with E-state index in [1.165, 1.54) is 0 Å². The molecule has 0 aliphatic carbocycles. The molecule has 0 saturated heterocycles. The normalized spacial score (nSPS) is 11.0. The van der Waals surface area contributed by atoms with Gasteiger partial charge in [-0.05, 0) is 32.9 Å². The lowest BCUT2D eigenvalue weighted by Gasteiger charge is -2.04. The summed E-state index contributed by atoms with van der Waals surface area (Å²) < 4.78 is 23.7. The van der Waals surface area contributed by atoms with Crippen LogP contribution in [0.25, 0.3) is 0 Å². The predicted octanol–water partition coefficient (Wildman–Crippen LogP) is 2.18. The van der Waals surface area contributed by atoms with E-state index in [0.29, 0.717) is 4.90 Å². The van der Waals surface area contributed by atoms with Crippen LogP contribution in [0.3, 0.4) is 0 Å². The van der Waals surface area contributed by atoms with Crippen molar-refractivity contribution in [3.63, 3.8) is 0 Å². The van der Waals surface area contributed by atoms with E-state index < -0.39 is 9.84 Å². The van der Waals surface area contributed by atoms with Crippen LogP contribution in [0.5, 0.6) is 0 Å². The summed E-state index contributed by atoms with van der Waals surface area (Å²) in [6.45, 7) is 5.56. The molecule has 0 heterocycles. The monoisotopic (exact) mass is 255 g/mol. The van der Waals surface area contributed by atoms with Gasteiger partial charge in [0.1, 0.15) is 6.61 Å². The molecule has 0 saturated carbocycles. The minimum atomic E-state index is -3.27. The summed E-state index contributed by atoms with van der Waals surface area (Å²) in [6.07, 6.45) is 0. The highest BCUT2D eigenvalue weighted by Crippen LogP contribution is 2.11. The summed E-state index contributed by atoms with van der Waals surface area (Å²) in [5.41, 5.74) is 1.80. The van der Waals surface area contributed by atoms with Crippen LogP contribution in [0.1, 0.15) is 19.4 Å². The maximum Gasteiger partial charge on any atom is 0.181 e. The van der Waals surface area contributed by atoms with Crippen LogP contribution in [0, 0.1) is 6.92 Å². The minimum Gasteiger partial charge on any atom is -0.395 e. The van der Waals surface area contributed by atoms with Gasteiger partial charge in [0.15, 0.2) is 9.84 Å². The smallest absolute Gasteiger partial charge is 0.181 e. The van der Waals surface area contributed by atoms with E-state index in [2.05, 4.69) is 5.16 Å². The molecule has 17 heavy (non-hydrogen) atoms. The number of nitrogens with zero attached hydrogens (tertiary/aromatic N) is 1. The highest BCUT2D eigenvalue weighted by Gasteiger charge is 2.13. The fourth-order valence-corrected chi connectivity index (χ4v) is 2.27. The van der Waals surface area contributed by atoms with Gasteiger partial charge in [0, 0.05) is 0 Å². The van der Waals surface area contributed by atoms with Crippen LogP contribution in [0.4, 0.5) is 0 Å². The molecule has 0 aromatic heterocycles. The number of oxime groups is 1. The van der Waals surface area contributed by atoms with Crippen molar-refractivity contribution in [2.75, 3.05) is 12.4 Å². The molecular formula is C12H17NO3S. The summed E-state index contributed by atoms with van der Waals surface area (Å²) in [4.78, 5) is 5.21. The Kier molecular flexibility index (Phi) is 4.69. The zero-order valence-corrected chi connectivity index (χ0v) is 11.1. The second-order valence-electron chi connectivity index (χ2n) is 4.00. The van der Waals surface area contributed by atoms with E-state index in [1.54, 1.807) is 38.1 Å². The van der Waals surface area contributed by atoms with Crippen molar-refractivity contribution in [1.29, 1.82) is 0 Å². The first-order valence-electron chi connectivity index (χ1n) is 5.34. The average molecular weight is 255 g/mol. The first kappa shape index (κ1) is 13.7. The highest BCUT2D eigenvalue weighted by atomic mass is 32.2. The molecule has 1 aromatic carbocycles. The van der Waals surface area contributed by atoms with Gasteiger partial charge in [0.05, 0.1) is 16.4 Å². The van der Waals surface area contributed by atoms with Crippen LogP contribution in [-0.4, -0.2) is 26.5 Å². The fourth-order valence-electron chi connectivity index (χ4n) is 1.19. The molecular weight excluding hydrogens is 238 g/mol. The zero-order valence-electron chi connectivity index (χ0n) is 10.3. The lowest BCUT2D eigenvalue weighted by molar-refractivity contribution is 0.160. The molecule has 0 atom stereocenters. The van der Waals surface area contributed by atoms with Gasteiger partial charge < -0.3 is 4.84 Å². The molecule has 0 fully saturated rings. The van der Waals surface area contributed by atoms with Gasteiger partial charge in [0.2, 0.25) is 0 Å². The largest absolute Gasteiger partial charge is 0.395 e. The van der Waals surface area contributed by atoms with E-state index in [-0.39, 0.29) is 12.4 Å². The zero-order chi connectivity index (χ0) is 12.9. The molecule has 0 amide bonds. The Balaban J connectivity index is 2.63. The lowest BCUT2D eigenvalue weighted by Crippen LogP contribution is -2.11. The maximum atomic E-state index is 11.9. The Hall–Kier alpha value is -1.36. The van der Waals surface area contributed by atoms with Crippen molar-refractivity contribution in [3.8, 4) is 0 Å². The van der Waals surface area contributed by atoms with Gasteiger partial charge in [-0.3, -0.25) is 0 Å². The molecule has 1 aromatic rings. The Morgan fingerprint density at radius 1 is 1.24 bits per heavy atom. The summed E-state index contributed by atoms with van der Waals surface area (Å²) in [5, 5.41) is 3.69. The average Bonchev–Trinajstić information content (AvgIpc) is 2.25. The van der Waals surface area contributed by atoms with Crippen molar-refractivity contribution in [3.05, 3.63) is 29.8 Å². The molecule has 4 nitrogen and oxygen atoms in total. The highest BCUT2D eigenvalue weighted by molar-refractivity contribution is 7.91. The van der Waals surface area contributed by atoms with E-state index in [1.807, 2.05) is 6.92 Å². The molecule has 94 valence electrons. The summed E-state index contributed by atoms with van der Waals surface area (Å²) >= 11 is 0. The Bertz CT molecular complexity index is 485. The molecule has 1 rings (SSSR count). The quantitative estimate of drug-likeness (QED) is 0.460. The molecule has 0 bridgehead atoms. The van der Waals surface area contributed by atoms with E-state index >= 15 is 0 Å².